The number of rotatable bonds is 2. The summed E-state index contributed by atoms with van der Waals surface area (Å²) in [6.07, 6.45) is -3.67. The maximum absolute atomic E-state index is 12.6. The fourth-order valence-electron chi connectivity index (χ4n) is 1.94. The molecule has 0 spiro atoms. The Hall–Kier alpha value is -0.530. The van der Waals surface area contributed by atoms with Gasteiger partial charge in [-0.2, -0.15) is 13.2 Å². The number of aromatic nitrogens is 3. The summed E-state index contributed by atoms with van der Waals surface area (Å²) in [5.41, 5.74) is 0. The number of hydrogen-bond acceptors (Lipinski definition) is 3. The number of nitrogens with zero attached hydrogens (tertiary/aromatic N) is 3. The first-order valence-corrected chi connectivity index (χ1v) is 5.14. The molecule has 1 aliphatic rings. The number of alkyl halides is 3. The van der Waals surface area contributed by atoms with Gasteiger partial charge in [0.2, 0.25) is 0 Å². The van der Waals surface area contributed by atoms with E-state index in [1.54, 1.807) is 11.6 Å². The number of hydrogen-bond donors (Lipinski definition) is 1. The van der Waals surface area contributed by atoms with Crippen molar-refractivity contribution in [2.24, 2.45) is 5.92 Å². The molecule has 1 N–H and O–H groups in total. The summed E-state index contributed by atoms with van der Waals surface area (Å²) >= 11 is 0. The first-order valence-electron chi connectivity index (χ1n) is 5.14. The highest BCUT2D eigenvalue weighted by atomic mass is 35.5. The number of fused-ring (bicyclic) bond motifs is 1. The molecule has 1 aromatic heterocycles. The maximum atomic E-state index is 12.6. The molecule has 1 atom stereocenters. The van der Waals surface area contributed by atoms with Crippen LogP contribution in [0.15, 0.2) is 0 Å². The van der Waals surface area contributed by atoms with Crippen LogP contribution in [0.5, 0.6) is 0 Å². The molecule has 0 aliphatic carbocycles. The molecule has 1 aromatic rings. The van der Waals surface area contributed by atoms with Gasteiger partial charge in [-0.25, -0.2) is 0 Å². The molecule has 1 unspecified atom stereocenters. The predicted octanol–water partition coefficient (Wildman–Crippen LogP) is 1.97. The smallest absolute Gasteiger partial charge is 0.313 e. The van der Waals surface area contributed by atoms with Gasteiger partial charge in [-0.3, -0.25) is 0 Å². The van der Waals surface area contributed by atoms with Crippen molar-refractivity contribution in [1.29, 1.82) is 0 Å². The van der Waals surface area contributed by atoms with Gasteiger partial charge in [-0.1, -0.05) is 0 Å². The van der Waals surface area contributed by atoms with E-state index in [4.69, 9.17) is 0 Å². The van der Waals surface area contributed by atoms with E-state index in [1.165, 1.54) is 0 Å². The Labute approximate surface area is 115 Å². The molecule has 1 aliphatic heterocycles. The third-order valence-electron chi connectivity index (χ3n) is 2.82. The minimum Gasteiger partial charge on any atom is -0.313 e. The van der Waals surface area contributed by atoms with Crippen LogP contribution in [0.1, 0.15) is 18.1 Å². The standard InChI is InChI=1S/C9H13F3N4.2ClH/c1-13-4-8-15-14-7-3-2-6(5-16(7)8)9(10,11)12;;/h6,13H,2-5H2,1H3;2*1H. The summed E-state index contributed by atoms with van der Waals surface area (Å²) in [5, 5.41) is 10.7. The van der Waals surface area contributed by atoms with E-state index >= 15 is 0 Å². The van der Waals surface area contributed by atoms with E-state index in [1.807, 2.05) is 0 Å². The zero-order valence-corrected chi connectivity index (χ0v) is 11.3. The lowest BCUT2D eigenvalue weighted by Gasteiger charge is -2.26. The van der Waals surface area contributed by atoms with Gasteiger partial charge >= 0.3 is 6.18 Å². The quantitative estimate of drug-likeness (QED) is 0.908. The molecule has 9 heteroatoms. The third kappa shape index (κ3) is 3.49. The van der Waals surface area contributed by atoms with E-state index in [0.29, 0.717) is 24.6 Å². The second-order valence-corrected chi connectivity index (χ2v) is 3.95. The second kappa shape index (κ2) is 6.58. The van der Waals surface area contributed by atoms with Crippen molar-refractivity contribution in [3.8, 4) is 0 Å². The highest BCUT2D eigenvalue weighted by Crippen LogP contribution is 2.34. The second-order valence-electron chi connectivity index (χ2n) is 3.95. The van der Waals surface area contributed by atoms with Gasteiger partial charge in [0.1, 0.15) is 11.6 Å². The molecule has 0 radical (unpaired) electrons. The highest BCUT2D eigenvalue weighted by molar-refractivity contribution is 5.85. The van der Waals surface area contributed by atoms with Gasteiger partial charge < -0.3 is 9.88 Å². The molecule has 0 aromatic carbocycles. The van der Waals surface area contributed by atoms with Crippen molar-refractivity contribution in [3.63, 3.8) is 0 Å². The Morgan fingerprint density at radius 2 is 2.00 bits per heavy atom. The van der Waals surface area contributed by atoms with Crippen molar-refractivity contribution in [2.75, 3.05) is 7.05 Å². The third-order valence-corrected chi connectivity index (χ3v) is 2.82. The van der Waals surface area contributed by atoms with Crippen LogP contribution in [0.2, 0.25) is 0 Å². The SMILES string of the molecule is CNCc1nnc2n1CC(C(F)(F)F)CC2.Cl.Cl. The van der Waals surface area contributed by atoms with E-state index < -0.39 is 12.1 Å². The van der Waals surface area contributed by atoms with Gasteiger partial charge in [0.15, 0.2) is 0 Å². The molecule has 0 amide bonds. The minimum atomic E-state index is -4.13. The monoisotopic (exact) mass is 306 g/mol. The molecule has 2 rings (SSSR count). The highest BCUT2D eigenvalue weighted by Gasteiger charge is 2.42. The summed E-state index contributed by atoms with van der Waals surface area (Å²) in [6.45, 7) is 0.389. The van der Waals surface area contributed by atoms with Gasteiger partial charge in [0, 0.05) is 13.0 Å². The summed E-state index contributed by atoms with van der Waals surface area (Å²) in [5.74, 6) is -0.0381. The molecule has 0 fully saturated rings. The minimum absolute atomic E-state index is 0. The Kier molecular flexibility index (Phi) is 6.39. The lowest BCUT2D eigenvalue weighted by atomic mass is 9.99. The fraction of sp³-hybridized carbons (Fsp3) is 0.778. The van der Waals surface area contributed by atoms with E-state index in [0.717, 1.165) is 0 Å². The average Bonchev–Trinajstić information content (AvgIpc) is 2.60. The van der Waals surface area contributed by atoms with Gasteiger partial charge in [-0.15, -0.1) is 35.0 Å². The lowest BCUT2D eigenvalue weighted by Crippen LogP contribution is -2.33. The van der Waals surface area contributed by atoms with E-state index in [-0.39, 0.29) is 37.8 Å². The molecule has 2 heterocycles. The Morgan fingerprint density at radius 3 is 2.56 bits per heavy atom. The first-order chi connectivity index (χ1) is 7.52. The number of halogens is 5. The summed E-state index contributed by atoms with van der Waals surface area (Å²) in [6, 6.07) is 0. The predicted molar refractivity (Wildman–Crippen MR) is 65.1 cm³/mol. The van der Waals surface area contributed by atoms with Crippen LogP contribution in [-0.4, -0.2) is 28.0 Å². The van der Waals surface area contributed by atoms with Gasteiger partial charge in [0.25, 0.3) is 0 Å². The normalized spacial score (nSPS) is 18.6. The Morgan fingerprint density at radius 1 is 1.33 bits per heavy atom. The number of aryl methyl sites for hydroxylation is 1. The fourth-order valence-corrected chi connectivity index (χ4v) is 1.94. The van der Waals surface area contributed by atoms with Gasteiger partial charge in [0.05, 0.1) is 12.5 Å². The molecule has 4 nitrogen and oxygen atoms in total. The van der Waals surface area contributed by atoms with Gasteiger partial charge in [-0.05, 0) is 13.5 Å². The Balaban J connectivity index is 0.00000144. The van der Waals surface area contributed by atoms with Crippen LogP contribution in [0, 0.1) is 5.92 Å². The summed E-state index contributed by atoms with van der Waals surface area (Å²) in [7, 11) is 1.73. The maximum Gasteiger partial charge on any atom is 0.393 e. The van der Waals surface area contributed by atoms with Crippen LogP contribution >= 0.6 is 24.8 Å². The molecule has 0 saturated carbocycles. The van der Waals surface area contributed by atoms with Crippen molar-refractivity contribution < 1.29 is 13.2 Å². The van der Waals surface area contributed by atoms with Crippen LogP contribution in [0.3, 0.4) is 0 Å². The van der Waals surface area contributed by atoms with Crippen molar-refractivity contribution in [2.45, 2.75) is 32.1 Å². The largest absolute Gasteiger partial charge is 0.393 e. The molecular formula is C9H15Cl2F3N4. The van der Waals surface area contributed by atoms with Crippen LogP contribution < -0.4 is 5.32 Å². The zero-order valence-electron chi connectivity index (χ0n) is 9.70. The topological polar surface area (TPSA) is 42.7 Å². The first kappa shape index (κ1) is 17.5. The summed E-state index contributed by atoms with van der Waals surface area (Å²) in [4.78, 5) is 0. The summed E-state index contributed by atoms with van der Waals surface area (Å²) < 4.78 is 39.3. The Bertz CT molecular complexity index is 380. The van der Waals surface area contributed by atoms with E-state index in [2.05, 4.69) is 15.5 Å². The molecule has 18 heavy (non-hydrogen) atoms. The van der Waals surface area contributed by atoms with Crippen LogP contribution in [0.25, 0.3) is 0 Å². The van der Waals surface area contributed by atoms with Crippen molar-refractivity contribution in [1.82, 2.24) is 20.1 Å². The van der Waals surface area contributed by atoms with Crippen molar-refractivity contribution >= 4 is 24.8 Å². The van der Waals surface area contributed by atoms with Crippen LogP contribution in [0.4, 0.5) is 13.2 Å². The molecule has 0 saturated heterocycles. The molecule has 106 valence electrons. The average molecular weight is 307 g/mol. The van der Waals surface area contributed by atoms with Crippen LogP contribution in [-0.2, 0) is 19.5 Å². The molecular weight excluding hydrogens is 292 g/mol. The van der Waals surface area contributed by atoms with E-state index in [9.17, 15) is 13.2 Å². The van der Waals surface area contributed by atoms with Crippen molar-refractivity contribution in [3.05, 3.63) is 11.6 Å². The lowest BCUT2D eigenvalue weighted by molar-refractivity contribution is -0.182. The molecule has 0 bridgehead atoms. The zero-order chi connectivity index (χ0) is 11.8. The number of nitrogens with one attached hydrogen (secondary N) is 1.